The maximum Gasteiger partial charge on any atom is 0.152 e. The first kappa shape index (κ1) is 18.3. The predicted octanol–water partition coefficient (Wildman–Crippen LogP) is 3.82. The highest BCUT2D eigenvalue weighted by Gasteiger charge is 2.19. The lowest BCUT2D eigenvalue weighted by molar-refractivity contribution is 0.125. The first-order valence-electron chi connectivity index (χ1n) is 9.51. The van der Waals surface area contributed by atoms with Gasteiger partial charge >= 0.3 is 0 Å². The molecular weight excluding hydrogens is 352 g/mol. The van der Waals surface area contributed by atoms with Crippen molar-refractivity contribution in [3.63, 3.8) is 0 Å². The number of imidazole rings is 1. The molecule has 144 valence electrons. The van der Waals surface area contributed by atoms with Gasteiger partial charge in [0, 0.05) is 42.9 Å². The van der Waals surface area contributed by atoms with Gasteiger partial charge in [-0.2, -0.15) is 0 Å². The van der Waals surface area contributed by atoms with Gasteiger partial charge in [-0.3, -0.25) is 9.97 Å². The molecule has 0 aliphatic rings. The van der Waals surface area contributed by atoms with E-state index in [9.17, 15) is 0 Å². The minimum Gasteiger partial charge on any atom is -0.382 e. The number of anilines is 1. The first-order chi connectivity index (χ1) is 13.6. The van der Waals surface area contributed by atoms with Crippen molar-refractivity contribution in [2.45, 2.75) is 33.9 Å². The van der Waals surface area contributed by atoms with Gasteiger partial charge in [-0.15, -0.1) is 0 Å². The number of hydrogen-bond donors (Lipinski definition) is 1. The molecule has 0 saturated heterocycles. The summed E-state index contributed by atoms with van der Waals surface area (Å²) in [5.41, 5.74) is 11.4. The normalized spacial score (nSPS) is 11.7. The molecule has 0 aliphatic carbocycles. The van der Waals surface area contributed by atoms with Crippen LogP contribution in [0.25, 0.3) is 33.2 Å². The molecule has 0 spiro atoms. The van der Waals surface area contributed by atoms with Gasteiger partial charge in [0.15, 0.2) is 5.82 Å². The second kappa shape index (κ2) is 7.52. The van der Waals surface area contributed by atoms with Crippen LogP contribution >= 0.6 is 0 Å². The smallest absolute Gasteiger partial charge is 0.152 e. The third kappa shape index (κ3) is 3.29. The Bertz CT molecular complexity index is 1120. The SMILES string of the molecule is CCOCc1nc2c(N)nc3cc(-c4cccnc4)cnc3c2n1CC(C)C. The first-order valence-corrected chi connectivity index (χ1v) is 9.51. The van der Waals surface area contributed by atoms with Crippen molar-refractivity contribution in [2.75, 3.05) is 12.3 Å². The van der Waals surface area contributed by atoms with Gasteiger partial charge in [-0.05, 0) is 25.0 Å². The van der Waals surface area contributed by atoms with Gasteiger partial charge in [0.05, 0.1) is 5.52 Å². The summed E-state index contributed by atoms with van der Waals surface area (Å²) < 4.78 is 7.80. The molecule has 4 rings (SSSR count). The monoisotopic (exact) mass is 376 g/mol. The van der Waals surface area contributed by atoms with Crippen LogP contribution in [-0.4, -0.2) is 31.1 Å². The van der Waals surface area contributed by atoms with Crippen molar-refractivity contribution in [1.29, 1.82) is 0 Å². The lowest BCUT2D eigenvalue weighted by Crippen LogP contribution is -2.10. The van der Waals surface area contributed by atoms with Gasteiger partial charge in [0.25, 0.3) is 0 Å². The lowest BCUT2D eigenvalue weighted by Gasteiger charge is -2.13. The van der Waals surface area contributed by atoms with Crippen LogP contribution in [0.3, 0.4) is 0 Å². The van der Waals surface area contributed by atoms with Crippen LogP contribution in [0.4, 0.5) is 5.82 Å². The Kier molecular flexibility index (Phi) is 4.92. The number of nitrogen functional groups attached to an aromatic ring is 1. The lowest BCUT2D eigenvalue weighted by atomic mass is 10.1. The highest BCUT2D eigenvalue weighted by Crippen LogP contribution is 2.30. The van der Waals surface area contributed by atoms with Crippen LogP contribution in [0, 0.1) is 5.92 Å². The van der Waals surface area contributed by atoms with Crippen LogP contribution in [0.5, 0.6) is 0 Å². The largest absolute Gasteiger partial charge is 0.382 e. The van der Waals surface area contributed by atoms with Gasteiger partial charge in [-0.25, -0.2) is 9.97 Å². The molecule has 7 heteroatoms. The van der Waals surface area contributed by atoms with Crippen molar-refractivity contribution >= 4 is 27.9 Å². The second-order valence-electron chi connectivity index (χ2n) is 7.20. The van der Waals surface area contributed by atoms with E-state index in [1.807, 2.05) is 37.5 Å². The maximum atomic E-state index is 6.28. The molecule has 0 radical (unpaired) electrons. The van der Waals surface area contributed by atoms with E-state index in [0.717, 1.165) is 40.0 Å². The molecule has 4 aromatic rings. The van der Waals surface area contributed by atoms with Crippen molar-refractivity contribution < 1.29 is 4.74 Å². The summed E-state index contributed by atoms with van der Waals surface area (Å²) in [6.07, 6.45) is 5.42. The molecule has 0 fully saturated rings. The van der Waals surface area contributed by atoms with Gasteiger partial charge in [0.1, 0.15) is 29.0 Å². The Labute approximate surface area is 163 Å². The van der Waals surface area contributed by atoms with E-state index in [4.69, 9.17) is 20.4 Å². The predicted molar refractivity (Wildman–Crippen MR) is 111 cm³/mol. The van der Waals surface area contributed by atoms with Crippen LogP contribution in [-0.2, 0) is 17.9 Å². The fourth-order valence-corrected chi connectivity index (χ4v) is 3.38. The average Bonchev–Trinajstić information content (AvgIpc) is 3.05. The second-order valence-corrected chi connectivity index (χ2v) is 7.20. The van der Waals surface area contributed by atoms with Gasteiger partial charge in [-0.1, -0.05) is 19.9 Å². The Morgan fingerprint density at radius 2 is 2.00 bits per heavy atom. The number of hydrogen-bond acceptors (Lipinski definition) is 6. The zero-order valence-electron chi connectivity index (χ0n) is 16.4. The fraction of sp³-hybridized carbons (Fsp3) is 0.333. The van der Waals surface area contributed by atoms with Crippen LogP contribution in [0.1, 0.15) is 26.6 Å². The Morgan fingerprint density at radius 1 is 1.14 bits per heavy atom. The third-order valence-corrected chi connectivity index (χ3v) is 4.60. The van der Waals surface area contributed by atoms with Crippen LogP contribution < -0.4 is 5.73 Å². The summed E-state index contributed by atoms with van der Waals surface area (Å²) >= 11 is 0. The van der Waals surface area contributed by atoms with Crippen LogP contribution in [0.15, 0.2) is 36.8 Å². The van der Waals surface area contributed by atoms with E-state index in [-0.39, 0.29) is 0 Å². The Morgan fingerprint density at radius 3 is 2.71 bits per heavy atom. The number of fused-ring (bicyclic) bond motifs is 3. The van der Waals surface area contributed by atoms with Crippen molar-refractivity contribution in [3.05, 3.63) is 42.6 Å². The van der Waals surface area contributed by atoms with Gasteiger partial charge < -0.3 is 15.0 Å². The molecule has 0 aromatic carbocycles. The molecule has 4 heterocycles. The highest BCUT2D eigenvalue weighted by atomic mass is 16.5. The summed E-state index contributed by atoms with van der Waals surface area (Å²) in [5.74, 6) is 1.70. The number of nitrogens with two attached hydrogens (primary N) is 1. The molecule has 28 heavy (non-hydrogen) atoms. The van der Waals surface area contributed by atoms with E-state index in [1.54, 1.807) is 6.20 Å². The fourth-order valence-electron chi connectivity index (χ4n) is 3.38. The molecule has 2 N–H and O–H groups in total. The van der Waals surface area contributed by atoms with E-state index < -0.39 is 0 Å². The summed E-state index contributed by atoms with van der Waals surface area (Å²) in [5, 5.41) is 0. The molecule has 0 atom stereocenters. The highest BCUT2D eigenvalue weighted by molar-refractivity contribution is 6.05. The van der Waals surface area contributed by atoms with E-state index in [2.05, 4.69) is 28.4 Å². The standard InChI is InChI=1S/C21H24N6O/c1-4-28-12-17-26-19-20(27(17)11-13(2)3)18-16(25-21(19)22)8-15(10-24-18)14-6-5-7-23-9-14/h5-10,13H,4,11-12H2,1-3H3,(H2,22,25). The van der Waals surface area contributed by atoms with Crippen molar-refractivity contribution in [3.8, 4) is 11.1 Å². The Hall–Kier alpha value is -3.06. The number of aromatic nitrogens is 5. The van der Waals surface area contributed by atoms with Gasteiger partial charge in [0.2, 0.25) is 0 Å². The van der Waals surface area contributed by atoms with Crippen molar-refractivity contribution in [2.24, 2.45) is 5.92 Å². The minimum absolute atomic E-state index is 0.410. The summed E-state index contributed by atoms with van der Waals surface area (Å²) in [4.78, 5) is 18.2. The summed E-state index contributed by atoms with van der Waals surface area (Å²) in [6.45, 7) is 8.21. The molecule has 4 aromatic heterocycles. The molecule has 0 amide bonds. The quantitative estimate of drug-likeness (QED) is 0.550. The molecule has 0 bridgehead atoms. The molecule has 7 nitrogen and oxygen atoms in total. The number of ether oxygens (including phenoxy) is 1. The topological polar surface area (TPSA) is 91.7 Å². The summed E-state index contributed by atoms with van der Waals surface area (Å²) in [6, 6.07) is 5.91. The average molecular weight is 376 g/mol. The number of nitrogens with zero attached hydrogens (tertiary/aromatic N) is 5. The molecular formula is C21H24N6O. The van der Waals surface area contributed by atoms with Crippen molar-refractivity contribution in [1.82, 2.24) is 24.5 Å². The van der Waals surface area contributed by atoms with E-state index >= 15 is 0 Å². The third-order valence-electron chi connectivity index (χ3n) is 4.60. The Balaban J connectivity index is 1.95. The molecule has 0 saturated carbocycles. The summed E-state index contributed by atoms with van der Waals surface area (Å²) in [7, 11) is 0. The zero-order valence-corrected chi connectivity index (χ0v) is 16.4. The van der Waals surface area contributed by atoms with Crippen LogP contribution in [0.2, 0.25) is 0 Å². The van der Waals surface area contributed by atoms with E-state index in [1.165, 1.54) is 0 Å². The van der Waals surface area contributed by atoms with E-state index in [0.29, 0.717) is 30.5 Å². The molecule has 0 aliphatic heterocycles. The maximum absolute atomic E-state index is 6.28. The number of rotatable bonds is 6. The number of pyridine rings is 3. The molecule has 0 unspecified atom stereocenters. The zero-order chi connectivity index (χ0) is 19.7. The minimum atomic E-state index is 0.410.